The van der Waals surface area contributed by atoms with Gasteiger partial charge in [0.25, 0.3) is 0 Å². The first-order valence-electron chi connectivity index (χ1n) is 3.25. The van der Waals surface area contributed by atoms with Gasteiger partial charge in [-0.3, -0.25) is 0 Å². The number of alkyl halides is 1. The molecule has 4 heteroatoms. The summed E-state index contributed by atoms with van der Waals surface area (Å²) in [5.41, 5.74) is 5.27. The fraction of sp³-hybridized carbons (Fsp3) is 0.833. The van der Waals surface area contributed by atoms with Crippen molar-refractivity contribution in [2.45, 2.75) is 25.1 Å². The van der Waals surface area contributed by atoms with E-state index in [0.29, 0.717) is 0 Å². The Kier molecular flexibility index (Phi) is 1.89. The molecule has 1 aliphatic carbocycles. The number of carboxylic acids is 1. The Bertz CT molecular complexity index is 147. The summed E-state index contributed by atoms with van der Waals surface area (Å²) in [4.78, 5) is 10.0. The molecule has 1 saturated carbocycles. The van der Waals surface area contributed by atoms with Crippen LogP contribution >= 0.6 is 0 Å². The number of nitrogens with two attached hydrogens (primary N) is 1. The normalized spacial score (nSPS) is 23.8. The molecule has 58 valence electrons. The molecule has 1 fully saturated rings. The van der Waals surface area contributed by atoms with Gasteiger partial charge < -0.3 is 10.8 Å². The van der Waals surface area contributed by atoms with Gasteiger partial charge >= 0.3 is 5.97 Å². The van der Waals surface area contributed by atoms with E-state index in [1.165, 1.54) is 0 Å². The van der Waals surface area contributed by atoms with Gasteiger partial charge in [-0.2, -0.15) is 0 Å². The molecule has 1 aliphatic rings. The van der Waals surface area contributed by atoms with Crippen LogP contribution in [0.2, 0.25) is 0 Å². The topological polar surface area (TPSA) is 63.3 Å². The third kappa shape index (κ3) is 1.44. The van der Waals surface area contributed by atoms with E-state index in [-0.39, 0.29) is 5.92 Å². The molecule has 0 bridgehead atoms. The molecule has 3 nitrogen and oxygen atoms in total. The second-order valence-corrected chi connectivity index (χ2v) is 2.65. The second kappa shape index (κ2) is 2.54. The van der Waals surface area contributed by atoms with Crippen molar-refractivity contribution in [2.75, 3.05) is 0 Å². The van der Waals surface area contributed by atoms with Crippen molar-refractivity contribution in [1.82, 2.24) is 0 Å². The van der Waals surface area contributed by atoms with Crippen LogP contribution in [0.3, 0.4) is 0 Å². The van der Waals surface area contributed by atoms with Gasteiger partial charge in [0.1, 0.15) is 0 Å². The number of hydrogen-bond acceptors (Lipinski definition) is 2. The van der Waals surface area contributed by atoms with E-state index in [4.69, 9.17) is 10.8 Å². The molecule has 2 atom stereocenters. The van der Waals surface area contributed by atoms with Crippen LogP contribution in [0.4, 0.5) is 4.39 Å². The average molecular weight is 147 g/mol. The van der Waals surface area contributed by atoms with Gasteiger partial charge in [0.15, 0.2) is 0 Å². The highest BCUT2D eigenvalue weighted by atomic mass is 19.1. The summed E-state index contributed by atoms with van der Waals surface area (Å²) in [7, 11) is 0. The van der Waals surface area contributed by atoms with E-state index < -0.39 is 18.2 Å². The number of carbonyl (C=O) groups is 1. The third-order valence-corrected chi connectivity index (χ3v) is 1.74. The molecule has 1 rings (SSSR count). The summed E-state index contributed by atoms with van der Waals surface area (Å²) in [6.45, 7) is 0. The van der Waals surface area contributed by atoms with Gasteiger partial charge in [-0.1, -0.05) is 0 Å². The summed E-state index contributed by atoms with van der Waals surface area (Å²) < 4.78 is 12.5. The van der Waals surface area contributed by atoms with Gasteiger partial charge in [0.05, 0.1) is 0 Å². The molecule has 0 aromatic carbocycles. The van der Waals surface area contributed by atoms with Crippen molar-refractivity contribution in [3.63, 3.8) is 0 Å². The van der Waals surface area contributed by atoms with E-state index in [1.807, 2.05) is 0 Å². The molecule has 0 radical (unpaired) electrons. The Hall–Kier alpha value is -0.640. The molecule has 10 heavy (non-hydrogen) atoms. The molecule has 0 spiro atoms. The molecule has 0 heterocycles. The predicted octanol–water partition coefficient (Wildman–Crippen LogP) is 0.146. The fourth-order valence-electron chi connectivity index (χ4n) is 0.885. The van der Waals surface area contributed by atoms with Crippen molar-refractivity contribution in [3.8, 4) is 0 Å². The Morgan fingerprint density at radius 2 is 2.20 bits per heavy atom. The molecule has 2 unspecified atom stereocenters. The molecular formula is C6H10FNO2. The van der Waals surface area contributed by atoms with Gasteiger partial charge in [0, 0.05) is 6.04 Å². The fourth-order valence-corrected chi connectivity index (χ4v) is 0.885. The zero-order valence-corrected chi connectivity index (χ0v) is 5.46. The van der Waals surface area contributed by atoms with Crippen LogP contribution in [-0.4, -0.2) is 23.3 Å². The summed E-state index contributed by atoms with van der Waals surface area (Å²) >= 11 is 0. The first-order valence-corrected chi connectivity index (χ1v) is 3.25. The van der Waals surface area contributed by atoms with Gasteiger partial charge in [-0.25, -0.2) is 9.18 Å². The third-order valence-electron chi connectivity index (χ3n) is 1.74. The van der Waals surface area contributed by atoms with Crippen LogP contribution in [0.25, 0.3) is 0 Å². The standard InChI is InChI=1S/C6H10FNO2/c7-4(6(9)10)5(8)3-1-2-3/h3-5H,1-2,8H2,(H,9,10). The quantitative estimate of drug-likeness (QED) is 0.597. The zero-order valence-electron chi connectivity index (χ0n) is 5.46. The van der Waals surface area contributed by atoms with Crippen LogP contribution in [0, 0.1) is 5.92 Å². The number of hydrogen-bond donors (Lipinski definition) is 2. The summed E-state index contributed by atoms with van der Waals surface area (Å²) in [5, 5.41) is 8.17. The van der Waals surface area contributed by atoms with E-state index in [9.17, 15) is 9.18 Å². The number of rotatable bonds is 3. The number of aliphatic carboxylic acids is 1. The largest absolute Gasteiger partial charge is 0.479 e. The van der Waals surface area contributed by atoms with Crippen molar-refractivity contribution < 1.29 is 14.3 Å². The van der Waals surface area contributed by atoms with Gasteiger partial charge in [0.2, 0.25) is 6.17 Å². The van der Waals surface area contributed by atoms with Crippen molar-refractivity contribution in [1.29, 1.82) is 0 Å². The highest BCUT2D eigenvalue weighted by molar-refractivity contribution is 5.73. The lowest BCUT2D eigenvalue weighted by Gasteiger charge is -2.10. The smallest absolute Gasteiger partial charge is 0.339 e. The first-order chi connectivity index (χ1) is 4.63. The molecule has 0 aromatic rings. The monoisotopic (exact) mass is 147 g/mol. The molecule has 0 saturated heterocycles. The van der Waals surface area contributed by atoms with E-state index in [0.717, 1.165) is 12.8 Å². The Morgan fingerprint density at radius 3 is 2.50 bits per heavy atom. The van der Waals surface area contributed by atoms with E-state index in [1.54, 1.807) is 0 Å². The highest BCUT2D eigenvalue weighted by Gasteiger charge is 2.37. The molecular weight excluding hydrogens is 137 g/mol. The maximum absolute atomic E-state index is 12.5. The number of halogens is 1. The summed E-state index contributed by atoms with van der Waals surface area (Å²) in [6.07, 6.45) is -0.142. The Morgan fingerprint density at radius 1 is 1.70 bits per heavy atom. The Balaban J connectivity index is 2.38. The minimum atomic E-state index is -1.88. The maximum atomic E-state index is 12.5. The van der Waals surface area contributed by atoms with Crippen LogP contribution in [0.1, 0.15) is 12.8 Å². The lowest BCUT2D eigenvalue weighted by atomic mass is 10.1. The first kappa shape index (κ1) is 7.47. The minimum Gasteiger partial charge on any atom is -0.479 e. The lowest BCUT2D eigenvalue weighted by molar-refractivity contribution is -0.143. The summed E-state index contributed by atoms with van der Waals surface area (Å²) in [6, 6.07) is -0.794. The lowest BCUT2D eigenvalue weighted by Crippen LogP contribution is -2.38. The predicted molar refractivity (Wildman–Crippen MR) is 33.2 cm³/mol. The van der Waals surface area contributed by atoms with Crippen LogP contribution < -0.4 is 5.73 Å². The maximum Gasteiger partial charge on any atom is 0.339 e. The Labute approximate surface area is 58.0 Å². The minimum absolute atomic E-state index is 0.103. The number of carboxylic acid groups (broad SMARTS) is 1. The molecule has 0 aliphatic heterocycles. The molecule has 0 aromatic heterocycles. The summed E-state index contributed by atoms with van der Waals surface area (Å²) in [5.74, 6) is -1.34. The van der Waals surface area contributed by atoms with Crippen LogP contribution in [0.5, 0.6) is 0 Å². The van der Waals surface area contributed by atoms with E-state index >= 15 is 0 Å². The molecule has 3 N–H and O–H groups in total. The zero-order chi connectivity index (χ0) is 7.72. The highest BCUT2D eigenvalue weighted by Crippen LogP contribution is 2.33. The van der Waals surface area contributed by atoms with E-state index in [2.05, 4.69) is 0 Å². The SMILES string of the molecule is NC(C1CC1)C(F)C(=O)O. The van der Waals surface area contributed by atoms with Crippen molar-refractivity contribution in [3.05, 3.63) is 0 Å². The van der Waals surface area contributed by atoms with Crippen molar-refractivity contribution in [2.24, 2.45) is 11.7 Å². The molecule has 0 amide bonds. The average Bonchev–Trinajstić information content (AvgIpc) is 2.65. The van der Waals surface area contributed by atoms with Crippen molar-refractivity contribution >= 4 is 5.97 Å². The van der Waals surface area contributed by atoms with Gasteiger partial charge in [-0.05, 0) is 18.8 Å². The van der Waals surface area contributed by atoms with Gasteiger partial charge in [-0.15, -0.1) is 0 Å². The van der Waals surface area contributed by atoms with Crippen LogP contribution in [-0.2, 0) is 4.79 Å². The van der Waals surface area contributed by atoms with Crippen LogP contribution in [0.15, 0.2) is 0 Å². The second-order valence-electron chi connectivity index (χ2n) is 2.65.